The number of carbonyl (C=O) groups excluding carboxylic acids is 3. The average Bonchev–Trinajstić information content (AvgIpc) is 2.37. The number of esters is 1. The maximum absolute atomic E-state index is 11.5. The Morgan fingerprint density at radius 1 is 1.19 bits per heavy atom. The van der Waals surface area contributed by atoms with E-state index >= 15 is 0 Å². The summed E-state index contributed by atoms with van der Waals surface area (Å²) in [6.07, 6.45) is 0.149. The van der Waals surface area contributed by atoms with Gasteiger partial charge in [-0.15, -0.1) is 0 Å². The van der Waals surface area contributed by atoms with Crippen LogP contribution in [0.15, 0.2) is 24.3 Å². The Balaban J connectivity index is 2.30. The first-order chi connectivity index (χ1) is 9.80. The first-order valence-electron chi connectivity index (χ1n) is 6.53. The number of carbonyl (C=O) groups is 3. The topological polar surface area (TPSA) is 81.7 Å². The van der Waals surface area contributed by atoms with E-state index < -0.39 is 17.7 Å². The van der Waals surface area contributed by atoms with Gasteiger partial charge < -0.3 is 14.8 Å². The second-order valence-corrected chi connectivity index (χ2v) is 5.34. The lowest BCUT2D eigenvalue weighted by molar-refractivity contribution is -0.134. The molecule has 0 aliphatic carbocycles. The summed E-state index contributed by atoms with van der Waals surface area (Å²) >= 11 is 0. The van der Waals surface area contributed by atoms with Gasteiger partial charge >= 0.3 is 12.1 Å². The highest BCUT2D eigenvalue weighted by molar-refractivity contribution is 5.76. The van der Waals surface area contributed by atoms with Crippen LogP contribution in [0.2, 0.25) is 0 Å². The monoisotopic (exact) mass is 293 g/mol. The van der Waals surface area contributed by atoms with Gasteiger partial charge in [0.05, 0.1) is 6.42 Å². The molecule has 1 rings (SSSR count). The molecule has 6 heteroatoms. The van der Waals surface area contributed by atoms with Crippen molar-refractivity contribution in [3.8, 4) is 5.75 Å². The summed E-state index contributed by atoms with van der Waals surface area (Å²) in [5.41, 5.74) is -0.0772. The molecule has 0 heterocycles. The number of rotatable bonds is 5. The Morgan fingerprint density at radius 3 is 2.33 bits per heavy atom. The molecule has 114 valence electrons. The van der Waals surface area contributed by atoms with Gasteiger partial charge in [0.2, 0.25) is 0 Å². The summed E-state index contributed by atoms with van der Waals surface area (Å²) in [5.74, 6) is -0.132. The summed E-state index contributed by atoms with van der Waals surface area (Å²) in [7, 11) is 0. The van der Waals surface area contributed by atoms with Crippen LogP contribution in [0, 0.1) is 0 Å². The Hall–Kier alpha value is -2.37. The maximum Gasteiger partial charge on any atom is 0.407 e. The third-order valence-electron chi connectivity index (χ3n) is 2.25. The molecule has 6 nitrogen and oxygen atoms in total. The normalized spacial score (nSPS) is 10.6. The van der Waals surface area contributed by atoms with E-state index in [4.69, 9.17) is 9.47 Å². The third-order valence-corrected chi connectivity index (χ3v) is 2.25. The van der Waals surface area contributed by atoms with Crippen LogP contribution >= 0.6 is 0 Å². The SMILES string of the molecule is CC(C)(C)OC(=O)NCCC(=O)Oc1ccc(C=O)cc1. The first kappa shape index (κ1) is 16.7. The molecule has 0 spiro atoms. The Kier molecular flexibility index (Phi) is 5.90. The second-order valence-electron chi connectivity index (χ2n) is 5.34. The van der Waals surface area contributed by atoms with Crippen molar-refractivity contribution in [3.05, 3.63) is 29.8 Å². The van der Waals surface area contributed by atoms with Gasteiger partial charge in [-0.2, -0.15) is 0 Å². The molecule has 21 heavy (non-hydrogen) atoms. The van der Waals surface area contributed by atoms with E-state index in [-0.39, 0.29) is 13.0 Å². The van der Waals surface area contributed by atoms with E-state index in [0.29, 0.717) is 17.6 Å². The Labute approximate surface area is 123 Å². The van der Waals surface area contributed by atoms with Gasteiger partial charge in [0, 0.05) is 12.1 Å². The predicted molar refractivity (Wildman–Crippen MR) is 76.3 cm³/mol. The number of hydrogen-bond acceptors (Lipinski definition) is 5. The van der Waals surface area contributed by atoms with Crippen molar-refractivity contribution in [1.82, 2.24) is 5.32 Å². The molecule has 1 amide bonds. The van der Waals surface area contributed by atoms with Crippen LogP contribution in [0.5, 0.6) is 5.75 Å². The van der Waals surface area contributed by atoms with Crippen molar-refractivity contribution in [2.75, 3.05) is 6.54 Å². The quantitative estimate of drug-likeness (QED) is 0.512. The summed E-state index contributed by atoms with van der Waals surface area (Å²) in [5, 5.41) is 2.47. The third kappa shape index (κ3) is 7.10. The molecule has 0 fully saturated rings. The van der Waals surface area contributed by atoms with Gasteiger partial charge in [0.1, 0.15) is 17.6 Å². The van der Waals surface area contributed by atoms with Gasteiger partial charge in [-0.25, -0.2) is 4.79 Å². The molecule has 0 aliphatic heterocycles. The Morgan fingerprint density at radius 2 is 1.81 bits per heavy atom. The summed E-state index contributed by atoms with van der Waals surface area (Å²) in [6.45, 7) is 5.39. The zero-order valence-electron chi connectivity index (χ0n) is 12.3. The fourth-order valence-electron chi connectivity index (χ4n) is 1.38. The molecule has 0 aromatic heterocycles. The minimum absolute atomic E-state index is 0.0225. The lowest BCUT2D eigenvalue weighted by Crippen LogP contribution is -2.34. The van der Waals surface area contributed by atoms with Gasteiger partial charge in [0.25, 0.3) is 0 Å². The number of ether oxygens (including phenoxy) is 2. The van der Waals surface area contributed by atoms with Crippen molar-refractivity contribution < 1.29 is 23.9 Å². The minimum Gasteiger partial charge on any atom is -0.444 e. The van der Waals surface area contributed by atoms with Gasteiger partial charge in [-0.1, -0.05) is 0 Å². The molecule has 0 atom stereocenters. The fraction of sp³-hybridized carbons (Fsp3) is 0.400. The molecule has 0 unspecified atom stereocenters. The predicted octanol–water partition coefficient (Wildman–Crippen LogP) is 2.32. The van der Waals surface area contributed by atoms with E-state index in [1.165, 1.54) is 12.1 Å². The van der Waals surface area contributed by atoms with Crippen LogP contribution < -0.4 is 10.1 Å². The van der Waals surface area contributed by atoms with Crippen molar-refractivity contribution in [2.45, 2.75) is 32.8 Å². The molecule has 0 bridgehead atoms. The Bertz CT molecular complexity index is 502. The molecular weight excluding hydrogens is 274 g/mol. The first-order valence-corrected chi connectivity index (χ1v) is 6.53. The molecular formula is C15H19NO5. The van der Waals surface area contributed by atoms with E-state index in [1.807, 2.05) is 0 Å². The molecule has 1 aromatic rings. The smallest absolute Gasteiger partial charge is 0.407 e. The van der Waals surface area contributed by atoms with Crippen LogP contribution in [-0.4, -0.2) is 30.5 Å². The fourth-order valence-corrected chi connectivity index (χ4v) is 1.38. The van der Waals surface area contributed by atoms with E-state index in [2.05, 4.69) is 5.32 Å². The lowest BCUT2D eigenvalue weighted by Gasteiger charge is -2.19. The highest BCUT2D eigenvalue weighted by atomic mass is 16.6. The number of benzene rings is 1. The van der Waals surface area contributed by atoms with Crippen LogP contribution in [-0.2, 0) is 9.53 Å². The molecule has 0 saturated heterocycles. The van der Waals surface area contributed by atoms with Crippen molar-refractivity contribution in [1.29, 1.82) is 0 Å². The molecule has 1 N–H and O–H groups in total. The largest absolute Gasteiger partial charge is 0.444 e. The van der Waals surface area contributed by atoms with E-state index in [1.54, 1.807) is 32.9 Å². The highest BCUT2D eigenvalue weighted by Gasteiger charge is 2.16. The summed E-state index contributed by atoms with van der Waals surface area (Å²) in [6, 6.07) is 6.16. The van der Waals surface area contributed by atoms with Crippen LogP contribution in [0.3, 0.4) is 0 Å². The average molecular weight is 293 g/mol. The van der Waals surface area contributed by atoms with Crippen molar-refractivity contribution in [2.24, 2.45) is 0 Å². The van der Waals surface area contributed by atoms with Gasteiger partial charge in [-0.05, 0) is 45.0 Å². The summed E-state index contributed by atoms with van der Waals surface area (Å²) in [4.78, 5) is 33.4. The standard InChI is InChI=1S/C15H19NO5/c1-15(2,3)21-14(19)16-9-8-13(18)20-12-6-4-11(10-17)5-7-12/h4-7,10H,8-9H2,1-3H3,(H,16,19). The second kappa shape index (κ2) is 7.42. The zero-order valence-corrected chi connectivity index (χ0v) is 12.3. The van der Waals surface area contributed by atoms with Gasteiger partial charge in [0.15, 0.2) is 0 Å². The maximum atomic E-state index is 11.5. The molecule has 0 saturated carbocycles. The van der Waals surface area contributed by atoms with Crippen LogP contribution in [0.1, 0.15) is 37.6 Å². The zero-order chi connectivity index (χ0) is 15.9. The number of nitrogens with one attached hydrogen (secondary N) is 1. The van der Waals surface area contributed by atoms with Crippen molar-refractivity contribution in [3.63, 3.8) is 0 Å². The van der Waals surface area contributed by atoms with E-state index in [9.17, 15) is 14.4 Å². The minimum atomic E-state index is -0.578. The van der Waals surface area contributed by atoms with Crippen LogP contribution in [0.25, 0.3) is 0 Å². The molecule has 0 aliphatic rings. The molecule has 1 aromatic carbocycles. The molecule has 0 radical (unpaired) electrons. The highest BCUT2D eigenvalue weighted by Crippen LogP contribution is 2.11. The number of alkyl carbamates (subject to hydrolysis) is 1. The number of amides is 1. The number of aldehydes is 1. The summed E-state index contributed by atoms with van der Waals surface area (Å²) < 4.78 is 10.1. The van der Waals surface area contributed by atoms with Crippen molar-refractivity contribution >= 4 is 18.3 Å². The number of hydrogen-bond donors (Lipinski definition) is 1. The van der Waals surface area contributed by atoms with Gasteiger partial charge in [-0.3, -0.25) is 9.59 Å². The lowest BCUT2D eigenvalue weighted by atomic mass is 10.2. The van der Waals surface area contributed by atoms with E-state index in [0.717, 1.165) is 0 Å². The van der Waals surface area contributed by atoms with Crippen LogP contribution in [0.4, 0.5) is 4.79 Å².